The van der Waals surface area contributed by atoms with Gasteiger partial charge < -0.3 is 10.0 Å². The van der Waals surface area contributed by atoms with Crippen LogP contribution < -0.4 is 0 Å². The van der Waals surface area contributed by atoms with Gasteiger partial charge in [-0.2, -0.15) is 5.10 Å². The van der Waals surface area contributed by atoms with E-state index in [1.54, 1.807) is 15.9 Å². The fourth-order valence-corrected chi connectivity index (χ4v) is 2.72. The molecule has 1 atom stereocenters. The van der Waals surface area contributed by atoms with E-state index in [0.717, 1.165) is 11.1 Å². The molecular formula is C15H16N4O3. The van der Waals surface area contributed by atoms with Crippen molar-refractivity contribution in [2.24, 2.45) is 0 Å². The third-order valence-corrected chi connectivity index (χ3v) is 3.87. The van der Waals surface area contributed by atoms with Crippen LogP contribution in [0.2, 0.25) is 0 Å². The third-order valence-electron chi connectivity index (χ3n) is 3.87. The third kappa shape index (κ3) is 2.83. The highest BCUT2D eigenvalue weighted by Gasteiger charge is 2.32. The summed E-state index contributed by atoms with van der Waals surface area (Å²) >= 11 is 0. The van der Waals surface area contributed by atoms with E-state index in [2.05, 4.69) is 10.1 Å². The minimum absolute atomic E-state index is 0.0729. The van der Waals surface area contributed by atoms with Crippen LogP contribution in [0.4, 0.5) is 0 Å². The van der Waals surface area contributed by atoms with Crippen molar-refractivity contribution in [1.29, 1.82) is 0 Å². The van der Waals surface area contributed by atoms with E-state index < -0.39 is 11.9 Å². The molecule has 1 N–H and O–H groups in total. The Bertz CT molecular complexity index is 684. The highest BCUT2D eigenvalue weighted by molar-refractivity contribution is 5.81. The van der Waals surface area contributed by atoms with Crippen LogP contribution in [0.3, 0.4) is 0 Å². The Morgan fingerprint density at radius 1 is 1.32 bits per heavy atom. The molecule has 1 aliphatic rings. The molecule has 114 valence electrons. The Morgan fingerprint density at radius 3 is 2.86 bits per heavy atom. The van der Waals surface area contributed by atoms with Crippen molar-refractivity contribution < 1.29 is 14.7 Å². The molecular weight excluding hydrogens is 284 g/mol. The highest BCUT2D eigenvalue weighted by Crippen LogP contribution is 2.28. The number of benzene rings is 1. The average Bonchev–Trinajstić information content (AvgIpc) is 3.04. The average molecular weight is 300 g/mol. The van der Waals surface area contributed by atoms with Crippen LogP contribution in [0.25, 0.3) is 0 Å². The molecule has 1 aliphatic heterocycles. The second-order valence-corrected chi connectivity index (χ2v) is 5.27. The molecule has 0 radical (unpaired) electrons. The second kappa shape index (κ2) is 5.97. The summed E-state index contributed by atoms with van der Waals surface area (Å²) in [5.41, 5.74) is 1.70. The molecule has 1 unspecified atom stereocenters. The Balaban J connectivity index is 1.73. The monoisotopic (exact) mass is 300 g/mol. The van der Waals surface area contributed by atoms with Gasteiger partial charge in [-0.25, -0.2) is 4.98 Å². The lowest BCUT2D eigenvalue weighted by atomic mass is 9.89. The number of carboxylic acid groups (broad SMARTS) is 1. The molecule has 1 aromatic carbocycles. The fraction of sp³-hybridized carbons (Fsp3) is 0.333. The van der Waals surface area contributed by atoms with E-state index >= 15 is 0 Å². The van der Waals surface area contributed by atoms with Crippen LogP contribution in [0.5, 0.6) is 0 Å². The largest absolute Gasteiger partial charge is 0.481 e. The maximum atomic E-state index is 12.3. The van der Waals surface area contributed by atoms with Crippen molar-refractivity contribution in [2.45, 2.75) is 25.4 Å². The Morgan fingerprint density at radius 2 is 2.14 bits per heavy atom. The molecule has 1 aromatic heterocycles. The zero-order chi connectivity index (χ0) is 15.5. The van der Waals surface area contributed by atoms with E-state index in [4.69, 9.17) is 0 Å². The lowest BCUT2D eigenvalue weighted by Gasteiger charge is -2.32. The predicted molar refractivity (Wildman–Crippen MR) is 76.9 cm³/mol. The first-order valence-corrected chi connectivity index (χ1v) is 7.06. The molecule has 0 saturated carbocycles. The van der Waals surface area contributed by atoms with E-state index in [0.29, 0.717) is 13.1 Å². The first-order chi connectivity index (χ1) is 10.6. The van der Waals surface area contributed by atoms with Crippen LogP contribution in [0, 0.1) is 0 Å². The number of hydrogen-bond donors (Lipinski definition) is 1. The number of nitrogens with zero attached hydrogens (tertiary/aromatic N) is 4. The molecule has 1 amide bonds. The molecule has 2 heterocycles. The summed E-state index contributed by atoms with van der Waals surface area (Å²) in [7, 11) is 0. The van der Waals surface area contributed by atoms with Crippen LogP contribution in [-0.2, 0) is 22.7 Å². The fourth-order valence-electron chi connectivity index (χ4n) is 2.72. The molecule has 0 fully saturated rings. The molecule has 0 spiro atoms. The van der Waals surface area contributed by atoms with Gasteiger partial charge in [-0.1, -0.05) is 24.3 Å². The maximum absolute atomic E-state index is 12.3. The Kier molecular flexibility index (Phi) is 3.86. The summed E-state index contributed by atoms with van der Waals surface area (Å²) < 4.78 is 1.59. The maximum Gasteiger partial charge on any atom is 0.312 e. The van der Waals surface area contributed by atoms with Crippen LogP contribution in [-0.4, -0.2) is 43.2 Å². The Labute approximate surface area is 127 Å². The second-order valence-electron chi connectivity index (χ2n) is 5.27. The number of amides is 1. The number of hydrogen-bond acceptors (Lipinski definition) is 4. The summed E-state index contributed by atoms with van der Waals surface area (Å²) in [5, 5.41) is 13.4. The zero-order valence-electron chi connectivity index (χ0n) is 11.9. The topological polar surface area (TPSA) is 88.3 Å². The summed E-state index contributed by atoms with van der Waals surface area (Å²) in [5.74, 6) is -1.64. The number of carboxylic acids is 1. The summed E-state index contributed by atoms with van der Waals surface area (Å²) in [4.78, 5) is 29.2. The number of carbonyl (C=O) groups excluding carboxylic acids is 1. The molecule has 22 heavy (non-hydrogen) atoms. The van der Waals surface area contributed by atoms with Gasteiger partial charge in [0.05, 0.1) is 12.5 Å². The van der Waals surface area contributed by atoms with Gasteiger partial charge in [0.15, 0.2) is 0 Å². The van der Waals surface area contributed by atoms with Crippen LogP contribution >= 0.6 is 0 Å². The molecule has 2 aromatic rings. The standard InChI is InChI=1S/C15H16N4O3/c20-14(5-6-19-10-16-9-17-19)18-7-11-3-1-2-4-12(11)13(8-18)15(21)22/h1-4,9-10,13H,5-8H2,(H,21,22). The van der Waals surface area contributed by atoms with Gasteiger partial charge in [-0.05, 0) is 11.1 Å². The molecule has 7 heteroatoms. The molecule has 3 rings (SSSR count). The van der Waals surface area contributed by atoms with Gasteiger partial charge in [-0.15, -0.1) is 0 Å². The number of rotatable bonds is 4. The zero-order valence-corrected chi connectivity index (χ0v) is 11.9. The van der Waals surface area contributed by atoms with Gasteiger partial charge in [0.1, 0.15) is 12.7 Å². The van der Waals surface area contributed by atoms with E-state index in [-0.39, 0.29) is 18.9 Å². The van der Waals surface area contributed by atoms with Crippen molar-refractivity contribution in [3.05, 3.63) is 48.0 Å². The van der Waals surface area contributed by atoms with Gasteiger partial charge in [-0.3, -0.25) is 14.3 Å². The van der Waals surface area contributed by atoms with Crippen molar-refractivity contribution in [1.82, 2.24) is 19.7 Å². The first-order valence-electron chi connectivity index (χ1n) is 7.06. The van der Waals surface area contributed by atoms with Gasteiger partial charge in [0, 0.05) is 19.5 Å². The van der Waals surface area contributed by atoms with Crippen molar-refractivity contribution >= 4 is 11.9 Å². The van der Waals surface area contributed by atoms with Crippen molar-refractivity contribution in [3.63, 3.8) is 0 Å². The highest BCUT2D eigenvalue weighted by atomic mass is 16.4. The van der Waals surface area contributed by atoms with E-state index in [1.807, 2.05) is 24.3 Å². The van der Waals surface area contributed by atoms with E-state index in [1.165, 1.54) is 6.33 Å². The number of aryl methyl sites for hydroxylation is 1. The first kappa shape index (κ1) is 14.2. The lowest BCUT2D eigenvalue weighted by Crippen LogP contribution is -2.40. The summed E-state index contributed by atoms with van der Waals surface area (Å²) in [6, 6.07) is 7.39. The Hall–Kier alpha value is -2.70. The normalized spacial score (nSPS) is 17.1. The lowest BCUT2D eigenvalue weighted by molar-refractivity contribution is -0.141. The van der Waals surface area contributed by atoms with Crippen molar-refractivity contribution in [2.75, 3.05) is 6.54 Å². The number of carbonyl (C=O) groups is 2. The molecule has 0 saturated heterocycles. The molecule has 7 nitrogen and oxygen atoms in total. The van der Waals surface area contributed by atoms with E-state index in [9.17, 15) is 14.7 Å². The number of aromatic nitrogens is 3. The predicted octanol–water partition coefficient (Wildman–Crippen LogP) is 0.879. The number of aliphatic carboxylic acids is 1. The smallest absolute Gasteiger partial charge is 0.312 e. The van der Waals surface area contributed by atoms with Crippen LogP contribution in [0.1, 0.15) is 23.5 Å². The minimum Gasteiger partial charge on any atom is -0.481 e. The summed E-state index contributed by atoms with van der Waals surface area (Å²) in [6.45, 7) is 1.10. The van der Waals surface area contributed by atoms with Gasteiger partial charge in [0.25, 0.3) is 0 Å². The molecule has 0 bridgehead atoms. The molecule has 0 aliphatic carbocycles. The SMILES string of the molecule is O=C(O)C1CN(C(=O)CCn2cncn2)Cc2ccccc21. The minimum atomic E-state index is -0.902. The van der Waals surface area contributed by atoms with Gasteiger partial charge >= 0.3 is 5.97 Å². The van der Waals surface area contributed by atoms with Crippen molar-refractivity contribution in [3.8, 4) is 0 Å². The number of fused-ring (bicyclic) bond motifs is 1. The summed E-state index contributed by atoms with van der Waals surface area (Å²) in [6.07, 6.45) is 3.25. The van der Waals surface area contributed by atoms with Crippen LogP contribution in [0.15, 0.2) is 36.9 Å². The quantitative estimate of drug-likeness (QED) is 0.905. The van der Waals surface area contributed by atoms with Gasteiger partial charge in [0.2, 0.25) is 5.91 Å².